The van der Waals surface area contributed by atoms with Gasteiger partial charge in [-0.1, -0.05) is 0 Å². The summed E-state index contributed by atoms with van der Waals surface area (Å²) in [6.07, 6.45) is 0.342. The van der Waals surface area contributed by atoms with E-state index in [1.165, 1.54) is 13.1 Å². The number of hydrogen-bond donors (Lipinski definition) is 2. The molecule has 0 saturated heterocycles. The first-order valence-corrected chi connectivity index (χ1v) is 4.95. The van der Waals surface area contributed by atoms with E-state index in [1.54, 1.807) is 0 Å². The highest BCUT2D eigenvalue weighted by Crippen LogP contribution is 2.28. The number of hydrogen-bond acceptors (Lipinski definition) is 5. The monoisotopic (exact) mass is 242 g/mol. The molecule has 0 fully saturated rings. The van der Waals surface area contributed by atoms with Gasteiger partial charge in [-0.2, -0.15) is 4.98 Å². The lowest BCUT2D eigenvalue weighted by Gasteiger charge is -2.15. The summed E-state index contributed by atoms with van der Waals surface area (Å²) in [6.45, 7) is 1.15. The van der Waals surface area contributed by atoms with Crippen molar-refractivity contribution in [2.24, 2.45) is 0 Å². The highest BCUT2D eigenvalue weighted by Gasteiger charge is 2.29. The minimum absolute atomic E-state index is 0.327. The van der Waals surface area contributed by atoms with Crippen molar-refractivity contribution in [2.75, 3.05) is 6.61 Å². The molecule has 7 heteroatoms. The molecule has 2 rings (SSSR count). The van der Waals surface area contributed by atoms with Crippen LogP contribution in [0.5, 0.6) is 5.88 Å². The molecule has 0 aliphatic carbocycles. The molecule has 2 N–H and O–H groups in total. The van der Waals surface area contributed by atoms with E-state index in [2.05, 4.69) is 4.98 Å². The lowest BCUT2D eigenvalue weighted by atomic mass is 10.3. The molecular formula is C10H11FN2O4. The number of aliphatic hydroxyl groups excluding tert-OH is 1. The zero-order chi connectivity index (χ0) is 12.6. The van der Waals surface area contributed by atoms with E-state index in [4.69, 9.17) is 9.84 Å². The fourth-order valence-corrected chi connectivity index (χ4v) is 1.55. The van der Waals surface area contributed by atoms with Gasteiger partial charge in [0.25, 0.3) is 0 Å². The lowest BCUT2D eigenvalue weighted by Crippen LogP contribution is -2.28. The van der Waals surface area contributed by atoms with Gasteiger partial charge in [0.1, 0.15) is 11.9 Å². The van der Waals surface area contributed by atoms with E-state index in [1.807, 2.05) is 0 Å². The average molecular weight is 242 g/mol. The molecule has 1 aromatic heterocycles. The van der Waals surface area contributed by atoms with Crippen molar-refractivity contribution >= 4 is 0 Å². The Bertz CT molecular complexity index is 526. The summed E-state index contributed by atoms with van der Waals surface area (Å²) in [5.41, 5.74) is -0.492. The Kier molecular flexibility index (Phi) is 2.95. The molecule has 2 atom stereocenters. The summed E-state index contributed by atoms with van der Waals surface area (Å²) in [7, 11) is 0. The van der Waals surface area contributed by atoms with E-state index >= 15 is 0 Å². The number of aromatic hydroxyl groups is 1. The van der Waals surface area contributed by atoms with Crippen LogP contribution in [0.25, 0.3) is 0 Å². The Hall–Kier alpha value is -1.73. The highest BCUT2D eigenvalue weighted by molar-refractivity contribution is 5.20. The quantitative estimate of drug-likeness (QED) is 0.762. The predicted octanol–water partition coefficient (Wildman–Crippen LogP) is 0.000420. The van der Waals surface area contributed by atoms with E-state index in [-0.39, 0.29) is 6.61 Å². The van der Waals surface area contributed by atoms with E-state index in [0.29, 0.717) is 5.56 Å². The van der Waals surface area contributed by atoms with Gasteiger partial charge in [-0.25, -0.2) is 9.18 Å². The van der Waals surface area contributed by atoms with Crippen molar-refractivity contribution < 1.29 is 19.3 Å². The third-order valence-corrected chi connectivity index (χ3v) is 2.43. The molecular weight excluding hydrogens is 231 g/mol. The minimum Gasteiger partial charge on any atom is -0.493 e. The number of rotatable bonds is 2. The van der Waals surface area contributed by atoms with Gasteiger partial charge in [0.05, 0.1) is 6.61 Å². The number of halogens is 1. The van der Waals surface area contributed by atoms with Gasteiger partial charge in [0.15, 0.2) is 6.23 Å². The zero-order valence-corrected chi connectivity index (χ0v) is 9.00. The SMILES string of the molecule is Cc1cn([C@H]2O[C@@H](CO)C=C2F)c(=O)nc1O. The summed E-state index contributed by atoms with van der Waals surface area (Å²) in [5, 5.41) is 18.1. The summed E-state index contributed by atoms with van der Waals surface area (Å²) in [5.74, 6) is -1.06. The van der Waals surface area contributed by atoms with Crippen LogP contribution in [0, 0.1) is 6.92 Å². The summed E-state index contributed by atoms with van der Waals surface area (Å²) in [6, 6.07) is 0. The first-order chi connectivity index (χ1) is 8.02. The fraction of sp³-hybridized carbons (Fsp3) is 0.400. The van der Waals surface area contributed by atoms with Crippen molar-refractivity contribution in [1.29, 1.82) is 0 Å². The van der Waals surface area contributed by atoms with Crippen LogP contribution < -0.4 is 5.69 Å². The third kappa shape index (κ3) is 2.06. The molecule has 0 aromatic carbocycles. The number of aryl methyl sites for hydroxylation is 1. The van der Waals surface area contributed by atoms with Crippen LogP contribution in [0.1, 0.15) is 11.8 Å². The molecule has 0 radical (unpaired) electrons. The topological polar surface area (TPSA) is 84.6 Å². The van der Waals surface area contributed by atoms with Gasteiger partial charge >= 0.3 is 5.69 Å². The Balaban J connectivity index is 2.40. The molecule has 1 aliphatic rings. The van der Waals surface area contributed by atoms with Crippen LogP contribution >= 0.6 is 0 Å². The highest BCUT2D eigenvalue weighted by atomic mass is 19.1. The number of aliphatic hydroxyl groups is 1. The molecule has 92 valence electrons. The Morgan fingerprint density at radius 2 is 2.35 bits per heavy atom. The molecule has 0 spiro atoms. The van der Waals surface area contributed by atoms with Gasteiger partial charge in [-0.05, 0) is 13.0 Å². The normalized spacial score (nSPS) is 23.8. The van der Waals surface area contributed by atoms with Crippen LogP contribution in [-0.4, -0.2) is 32.5 Å². The van der Waals surface area contributed by atoms with Crippen molar-refractivity contribution in [3.8, 4) is 5.88 Å². The average Bonchev–Trinajstić information content (AvgIpc) is 2.65. The second-order valence-corrected chi connectivity index (χ2v) is 3.70. The van der Waals surface area contributed by atoms with E-state index in [0.717, 1.165) is 10.6 Å². The summed E-state index contributed by atoms with van der Waals surface area (Å²) >= 11 is 0. The lowest BCUT2D eigenvalue weighted by molar-refractivity contribution is -0.0216. The smallest absolute Gasteiger partial charge is 0.353 e. The summed E-state index contributed by atoms with van der Waals surface area (Å²) < 4.78 is 19.5. The van der Waals surface area contributed by atoms with Crippen LogP contribution in [0.4, 0.5) is 4.39 Å². The zero-order valence-electron chi connectivity index (χ0n) is 9.00. The Labute approximate surface area is 95.6 Å². The minimum atomic E-state index is -1.23. The molecule has 2 heterocycles. The van der Waals surface area contributed by atoms with Gasteiger partial charge in [-0.3, -0.25) is 4.57 Å². The Morgan fingerprint density at radius 3 is 2.94 bits per heavy atom. The second-order valence-electron chi connectivity index (χ2n) is 3.70. The van der Waals surface area contributed by atoms with Crippen LogP contribution in [0.3, 0.4) is 0 Å². The maximum Gasteiger partial charge on any atom is 0.353 e. The molecule has 1 aromatic rings. The van der Waals surface area contributed by atoms with Crippen molar-refractivity contribution in [2.45, 2.75) is 19.3 Å². The third-order valence-electron chi connectivity index (χ3n) is 2.43. The summed E-state index contributed by atoms with van der Waals surface area (Å²) in [4.78, 5) is 14.8. The Morgan fingerprint density at radius 1 is 1.65 bits per heavy atom. The first-order valence-electron chi connectivity index (χ1n) is 4.95. The molecule has 1 aliphatic heterocycles. The predicted molar refractivity (Wildman–Crippen MR) is 55.1 cm³/mol. The molecule has 0 saturated carbocycles. The van der Waals surface area contributed by atoms with Gasteiger partial charge in [0, 0.05) is 11.8 Å². The number of ether oxygens (including phenoxy) is 1. The number of nitrogens with zero attached hydrogens (tertiary/aromatic N) is 2. The molecule has 17 heavy (non-hydrogen) atoms. The molecule has 0 unspecified atom stereocenters. The first kappa shape index (κ1) is 11.7. The van der Waals surface area contributed by atoms with Gasteiger partial charge < -0.3 is 14.9 Å². The van der Waals surface area contributed by atoms with E-state index in [9.17, 15) is 14.3 Å². The molecule has 0 amide bonds. The second kappa shape index (κ2) is 4.27. The van der Waals surface area contributed by atoms with Crippen LogP contribution in [0.15, 0.2) is 22.9 Å². The number of aromatic nitrogens is 2. The van der Waals surface area contributed by atoms with Gasteiger partial charge in [-0.15, -0.1) is 0 Å². The molecule has 6 nitrogen and oxygen atoms in total. The van der Waals surface area contributed by atoms with Crippen molar-refractivity contribution in [3.63, 3.8) is 0 Å². The maximum atomic E-state index is 13.5. The van der Waals surface area contributed by atoms with Gasteiger partial charge in [0.2, 0.25) is 5.88 Å². The standard InChI is InChI=1S/C10H11FN2O4/c1-5-3-13(10(16)12-8(5)15)9-7(11)2-6(4-14)17-9/h2-3,6,9,14H,4H2,1H3,(H,12,15,16)/t6-,9+/m1/s1. The van der Waals surface area contributed by atoms with Crippen LogP contribution in [-0.2, 0) is 4.74 Å². The van der Waals surface area contributed by atoms with Crippen LogP contribution in [0.2, 0.25) is 0 Å². The van der Waals surface area contributed by atoms with Crippen molar-refractivity contribution in [1.82, 2.24) is 9.55 Å². The fourth-order valence-electron chi connectivity index (χ4n) is 1.55. The molecule has 0 bridgehead atoms. The largest absolute Gasteiger partial charge is 0.493 e. The maximum absolute atomic E-state index is 13.5. The van der Waals surface area contributed by atoms with E-state index < -0.39 is 29.7 Å². The van der Waals surface area contributed by atoms with Crippen molar-refractivity contribution in [3.05, 3.63) is 34.1 Å².